The summed E-state index contributed by atoms with van der Waals surface area (Å²) in [6.07, 6.45) is 0.836. The molecule has 0 aromatic carbocycles. The van der Waals surface area contributed by atoms with E-state index >= 15 is 0 Å². The van der Waals surface area contributed by atoms with Gasteiger partial charge in [-0.25, -0.2) is 4.21 Å². The summed E-state index contributed by atoms with van der Waals surface area (Å²) in [5, 5.41) is 0. The van der Waals surface area contributed by atoms with Crippen molar-refractivity contribution in [2.24, 2.45) is 0 Å². The first-order valence-electron chi connectivity index (χ1n) is 1.14. The Bertz CT molecular complexity index is 77.7. The van der Waals surface area contributed by atoms with Crippen molar-refractivity contribution in [3.05, 3.63) is 12.8 Å². The molecule has 0 aliphatic rings. The van der Waals surface area contributed by atoms with Crippen LogP contribution in [-0.4, -0.2) is 8.76 Å². The Balaban J connectivity index is -0.000000125. The van der Waals surface area contributed by atoms with Gasteiger partial charge >= 0.3 is 29.6 Å². The van der Waals surface area contributed by atoms with Crippen LogP contribution in [0.5, 0.6) is 0 Å². The third-order valence-electron chi connectivity index (χ3n) is 0.147. The quantitative estimate of drug-likeness (QED) is 0.258. The summed E-state index contributed by atoms with van der Waals surface area (Å²) < 4.78 is 22.3. The first kappa shape index (κ1) is 15.8. The van der Waals surface area contributed by atoms with Crippen molar-refractivity contribution in [2.75, 3.05) is 0 Å². The van der Waals surface area contributed by atoms with Crippen LogP contribution in [0.25, 0.3) is 0 Å². The molecule has 0 aliphatic carbocycles. The predicted molar refractivity (Wildman–Crippen MR) is 25.2 cm³/mol. The maximum Gasteiger partial charge on any atom is 1.00 e. The predicted octanol–water partition coefficient (Wildman–Crippen LogP) is -2.89. The molecule has 0 saturated carbocycles. The molecule has 1 unspecified atom stereocenters. The molecule has 6 heteroatoms. The standard InChI is InChI=1S/C2H4O3S.H3N.Na/c1-2-5-6(3)4;;/h2H,1H2,(H,3,4);1H3;/q;;+1/p-1. The molecule has 0 saturated heterocycles. The van der Waals surface area contributed by atoms with Crippen molar-refractivity contribution < 1.29 is 42.5 Å². The van der Waals surface area contributed by atoms with Crippen molar-refractivity contribution in [1.82, 2.24) is 6.15 Å². The van der Waals surface area contributed by atoms with Crippen molar-refractivity contribution in [3.8, 4) is 0 Å². The van der Waals surface area contributed by atoms with Gasteiger partial charge in [0.25, 0.3) is 0 Å². The van der Waals surface area contributed by atoms with Gasteiger partial charge in [0.1, 0.15) is 11.4 Å². The Kier molecular flexibility index (Phi) is 20.9. The molecule has 0 rings (SSSR count). The van der Waals surface area contributed by atoms with E-state index in [2.05, 4.69) is 10.8 Å². The minimum atomic E-state index is -2.43. The van der Waals surface area contributed by atoms with Crippen LogP contribution in [-0.2, 0) is 15.5 Å². The first-order chi connectivity index (χ1) is 2.77. The van der Waals surface area contributed by atoms with E-state index in [9.17, 15) is 8.76 Å². The Hall–Kier alpha value is 0.610. The SMILES string of the molecule is C=COS(=O)[O-].N.[Na+]. The molecule has 0 fully saturated rings. The molecule has 0 aromatic rings. The summed E-state index contributed by atoms with van der Waals surface area (Å²) in [6.45, 7) is 2.99. The van der Waals surface area contributed by atoms with E-state index in [0.29, 0.717) is 0 Å². The molecule has 0 aromatic heterocycles. The molecule has 0 spiro atoms. The summed E-state index contributed by atoms with van der Waals surface area (Å²) >= 11 is -2.43. The smallest absolute Gasteiger partial charge is 0.740 e. The van der Waals surface area contributed by atoms with E-state index in [4.69, 9.17) is 0 Å². The summed E-state index contributed by atoms with van der Waals surface area (Å²) in [5.74, 6) is 0. The summed E-state index contributed by atoms with van der Waals surface area (Å²) in [6, 6.07) is 0. The fourth-order valence-corrected chi connectivity index (χ4v) is 0.167. The Morgan fingerprint density at radius 2 is 2.12 bits per heavy atom. The second kappa shape index (κ2) is 10.6. The Morgan fingerprint density at radius 3 is 2.12 bits per heavy atom. The molecule has 0 heterocycles. The van der Waals surface area contributed by atoms with Crippen molar-refractivity contribution in [3.63, 3.8) is 0 Å². The minimum absolute atomic E-state index is 0. The van der Waals surface area contributed by atoms with Gasteiger partial charge in [-0.05, 0) is 0 Å². The normalized spacial score (nSPS) is 9.62. The zero-order chi connectivity index (χ0) is 4.99. The maximum atomic E-state index is 9.31. The number of hydrogen-bond donors (Lipinski definition) is 1. The number of rotatable bonds is 2. The van der Waals surface area contributed by atoms with Gasteiger partial charge in [0.15, 0.2) is 0 Å². The monoisotopic (exact) mass is 147 g/mol. The molecule has 0 bridgehead atoms. The van der Waals surface area contributed by atoms with Gasteiger partial charge in [0, 0.05) is 0 Å². The van der Waals surface area contributed by atoms with Gasteiger partial charge in [0.05, 0.1) is 6.26 Å². The molecule has 0 amide bonds. The van der Waals surface area contributed by atoms with Gasteiger partial charge in [-0.1, -0.05) is 6.58 Å². The van der Waals surface area contributed by atoms with Gasteiger partial charge < -0.3 is 14.9 Å². The van der Waals surface area contributed by atoms with E-state index in [0.717, 1.165) is 6.26 Å². The zero-order valence-corrected chi connectivity index (χ0v) is 7.44. The second-order valence-corrected chi connectivity index (χ2v) is 1.07. The van der Waals surface area contributed by atoms with Crippen LogP contribution in [0, 0.1) is 0 Å². The van der Waals surface area contributed by atoms with Crippen LogP contribution in [0.15, 0.2) is 12.8 Å². The van der Waals surface area contributed by atoms with Gasteiger partial charge in [0.2, 0.25) is 0 Å². The fraction of sp³-hybridized carbons (Fsp3) is 0. The van der Waals surface area contributed by atoms with E-state index < -0.39 is 11.4 Å². The van der Waals surface area contributed by atoms with Crippen molar-refractivity contribution >= 4 is 11.4 Å². The largest absolute Gasteiger partial charge is 1.00 e. The maximum absolute atomic E-state index is 9.31. The molecule has 0 radical (unpaired) electrons. The van der Waals surface area contributed by atoms with E-state index in [1.807, 2.05) is 0 Å². The summed E-state index contributed by atoms with van der Waals surface area (Å²) in [4.78, 5) is 0. The van der Waals surface area contributed by atoms with Crippen LogP contribution in [0.2, 0.25) is 0 Å². The molecule has 1 atom stereocenters. The summed E-state index contributed by atoms with van der Waals surface area (Å²) in [7, 11) is 0. The molecule has 4 nitrogen and oxygen atoms in total. The average Bonchev–Trinajstić information content (AvgIpc) is 1.35. The second-order valence-electron chi connectivity index (χ2n) is 0.467. The van der Waals surface area contributed by atoms with Crippen LogP contribution in [0.1, 0.15) is 0 Å². The fourth-order valence-electron chi connectivity index (χ4n) is 0.0556. The number of hydrogen-bond acceptors (Lipinski definition) is 4. The van der Waals surface area contributed by atoms with Crippen LogP contribution >= 0.6 is 0 Å². The Labute approximate surface area is 72.7 Å². The first-order valence-corrected chi connectivity index (χ1v) is 2.14. The molecule has 8 heavy (non-hydrogen) atoms. The van der Waals surface area contributed by atoms with Crippen molar-refractivity contribution in [1.29, 1.82) is 0 Å². The zero-order valence-electron chi connectivity index (χ0n) is 4.62. The van der Waals surface area contributed by atoms with Crippen LogP contribution in [0.3, 0.4) is 0 Å². The third-order valence-corrected chi connectivity index (χ3v) is 0.440. The van der Waals surface area contributed by atoms with E-state index in [1.54, 1.807) is 0 Å². The van der Waals surface area contributed by atoms with Gasteiger partial charge in [-0.15, -0.1) is 0 Å². The summed E-state index contributed by atoms with van der Waals surface area (Å²) in [5.41, 5.74) is 0. The molecule has 0 aliphatic heterocycles. The molecular weight excluding hydrogens is 141 g/mol. The van der Waals surface area contributed by atoms with E-state index in [1.165, 1.54) is 0 Å². The van der Waals surface area contributed by atoms with E-state index in [-0.39, 0.29) is 35.7 Å². The molecule has 3 N–H and O–H groups in total. The third kappa shape index (κ3) is 16.0. The van der Waals surface area contributed by atoms with Gasteiger partial charge in [-0.3, -0.25) is 0 Å². The topological polar surface area (TPSA) is 84.4 Å². The Morgan fingerprint density at radius 1 is 1.75 bits per heavy atom. The molecular formula is C2H6NNaO3S. The van der Waals surface area contributed by atoms with Crippen LogP contribution < -0.4 is 35.7 Å². The van der Waals surface area contributed by atoms with Gasteiger partial charge in [-0.2, -0.15) is 0 Å². The average molecular weight is 147 g/mol. The van der Waals surface area contributed by atoms with Crippen molar-refractivity contribution in [2.45, 2.75) is 0 Å². The minimum Gasteiger partial charge on any atom is -0.740 e. The molecule has 44 valence electrons. The van der Waals surface area contributed by atoms with Crippen LogP contribution in [0.4, 0.5) is 0 Å².